The van der Waals surface area contributed by atoms with Gasteiger partial charge in [-0.2, -0.15) is 0 Å². The lowest BCUT2D eigenvalue weighted by Crippen LogP contribution is -2.59. The maximum Gasteiger partial charge on any atom is 0.0354 e. The molecule has 19 heavy (non-hydrogen) atoms. The molecule has 0 amide bonds. The second-order valence-corrected chi connectivity index (χ2v) is 7.06. The van der Waals surface area contributed by atoms with Crippen LogP contribution in [0.3, 0.4) is 0 Å². The Morgan fingerprint density at radius 3 is 2.53 bits per heavy atom. The molecule has 0 aromatic heterocycles. The van der Waals surface area contributed by atoms with Crippen LogP contribution in [-0.4, -0.2) is 55.1 Å². The Hall–Kier alpha value is -0.120. The zero-order valence-corrected chi connectivity index (χ0v) is 13.2. The number of hydrogen-bond acceptors (Lipinski definition) is 3. The molecular formula is C16H33N3. The van der Waals surface area contributed by atoms with Crippen LogP contribution in [0.4, 0.5) is 0 Å². The molecule has 1 heterocycles. The molecule has 2 N–H and O–H groups in total. The monoisotopic (exact) mass is 267 g/mol. The van der Waals surface area contributed by atoms with Crippen molar-refractivity contribution in [2.45, 2.75) is 51.5 Å². The van der Waals surface area contributed by atoms with Gasteiger partial charge in [-0.15, -0.1) is 0 Å². The predicted octanol–water partition coefficient (Wildman–Crippen LogP) is 2.17. The maximum absolute atomic E-state index is 6.20. The van der Waals surface area contributed by atoms with Gasteiger partial charge >= 0.3 is 0 Å². The lowest BCUT2D eigenvalue weighted by atomic mass is 9.69. The molecule has 3 heteroatoms. The average Bonchev–Trinajstić information content (AvgIpc) is 2.90. The van der Waals surface area contributed by atoms with Gasteiger partial charge in [0.25, 0.3) is 0 Å². The minimum Gasteiger partial charge on any atom is -0.329 e. The van der Waals surface area contributed by atoms with Crippen molar-refractivity contribution in [2.24, 2.45) is 17.6 Å². The van der Waals surface area contributed by atoms with Gasteiger partial charge in [-0.25, -0.2) is 0 Å². The molecule has 0 aromatic carbocycles. The molecule has 3 nitrogen and oxygen atoms in total. The summed E-state index contributed by atoms with van der Waals surface area (Å²) < 4.78 is 0. The van der Waals surface area contributed by atoms with Gasteiger partial charge in [0.1, 0.15) is 0 Å². The summed E-state index contributed by atoms with van der Waals surface area (Å²) in [5, 5.41) is 0. The van der Waals surface area contributed by atoms with Crippen molar-refractivity contribution in [3.05, 3.63) is 0 Å². The van der Waals surface area contributed by atoms with E-state index >= 15 is 0 Å². The van der Waals surface area contributed by atoms with Crippen molar-refractivity contribution < 1.29 is 0 Å². The Morgan fingerprint density at radius 2 is 1.95 bits per heavy atom. The molecule has 112 valence electrons. The molecule has 1 saturated carbocycles. The third-order valence-electron chi connectivity index (χ3n) is 5.81. The fourth-order valence-electron chi connectivity index (χ4n) is 4.23. The zero-order chi connectivity index (χ0) is 13.9. The highest BCUT2D eigenvalue weighted by molar-refractivity contribution is 4.98. The van der Waals surface area contributed by atoms with E-state index < -0.39 is 0 Å². The topological polar surface area (TPSA) is 32.5 Å². The molecule has 3 unspecified atom stereocenters. The van der Waals surface area contributed by atoms with Crippen LogP contribution in [0.2, 0.25) is 0 Å². The lowest BCUT2D eigenvalue weighted by Gasteiger charge is -2.50. The number of nitrogens with zero attached hydrogens (tertiary/aromatic N) is 2. The van der Waals surface area contributed by atoms with Gasteiger partial charge in [-0.05, 0) is 64.1 Å². The molecule has 0 aromatic rings. The summed E-state index contributed by atoms with van der Waals surface area (Å²) in [6.07, 6.45) is 6.74. The first kappa shape index (κ1) is 15.3. The van der Waals surface area contributed by atoms with Gasteiger partial charge in [-0.1, -0.05) is 13.8 Å². The Labute approximate surface area is 119 Å². The third kappa shape index (κ3) is 3.32. The molecule has 2 fully saturated rings. The summed E-state index contributed by atoms with van der Waals surface area (Å²) in [6, 6.07) is 0. The Bertz CT molecular complexity index is 275. The molecule has 0 spiro atoms. The van der Waals surface area contributed by atoms with Gasteiger partial charge in [0.2, 0.25) is 0 Å². The number of nitrogens with two attached hydrogens (primary N) is 1. The second-order valence-electron chi connectivity index (χ2n) is 7.06. The summed E-state index contributed by atoms with van der Waals surface area (Å²) in [6.45, 7) is 10.6. The summed E-state index contributed by atoms with van der Waals surface area (Å²) in [7, 11) is 2.30. The van der Waals surface area contributed by atoms with Crippen LogP contribution in [0.15, 0.2) is 0 Å². The van der Waals surface area contributed by atoms with E-state index in [1.165, 1.54) is 58.3 Å². The SMILES string of the molecule is CC1CCC(CN)(N(C)CCN2CCCC2)C(C)C1. The molecule has 0 radical (unpaired) electrons. The van der Waals surface area contributed by atoms with Crippen LogP contribution in [-0.2, 0) is 0 Å². The first-order chi connectivity index (χ1) is 9.08. The summed E-state index contributed by atoms with van der Waals surface area (Å²) in [5.41, 5.74) is 6.46. The number of hydrogen-bond donors (Lipinski definition) is 1. The second kappa shape index (κ2) is 6.55. The van der Waals surface area contributed by atoms with E-state index in [9.17, 15) is 0 Å². The van der Waals surface area contributed by atoms with Gasteiger partial charge in [0.05, 0.1) is 0 Å². The molecule has 2 rings (SSSR count). The molecular weight excluding hydrogens is 234 g/mol. The minimum absolute atomic E-state index is 0.256. The quantitative estimate of drug-likeness (QED) is 0.828. The van der Waals surface area contributed by atoms with Gasteiger partial charge in [0.15, 0.2) is 0 Å². The largest absolute Gasteiger partial charge is 0.329 e. The van der Waals surface area contributed by atoms with Crippen LogP contribution >= 0.6 is 0 Å². The molecule has 0 bridgehead atoms. The first-order valence-electron chi connectivity index (χ1n) is 8.22. The van der Waals surface area contributed by atoms with E-state index in [0.717, 1.165) is 18.4 Å². The molecule has 1 aliphatic carbocycles. The normalized spacial score (nSPS) is 37.1. The third-order valence-corrected chi connectivity index (χ3v) is 5.81. The first-order valence-corrected chi connectivity index (χ1v) is 8.22. The van der Waals surface area contributed by atoms with Crippen molar-refractivity contribution in [1.82, 2.24) is 9.80 Å². The fourth-order valence-corrected chi connectivity index (χ4v) is 4.23. The number of likely N-dealkylation sites (tertiary alicyclic amines) is 1. The number of likely N-dealkylation sites (N-methyl/N-ethyl adjacent to an activating group) is 1. The van der Waals surface area contributed by atoms with Crippen molar-refractivity contribution in [3.8, 4) is 0 Å². The van der Waals surface area contributed by atoms with Crippen LogP contribution in [0.25, 0.3) is 0 Å². The van der Waals surface area contributed by atoms with Crippen molar-refractivity contribution >= 4 is 0 Å². The van der Waals surface area contributed by atoms with E-state index in [4.69, 9.17) is 5.73 Å². The van der Waals surface area contributed by atoms with Gasteiger partial charge in [0, 0.05) is 25.2 Å². The van der Waals surface area contributed by atoms with Crippen molar-refractivity contribution in [2.75, 3.05) is 39.8 Å². The van der Waals surface area contributed by atoms with Crippen molar-refractivity contribution in [1.29, 1.82) is 0 Å². The molecule has 1 saturated heterocycles. The van der Waals surface area contributed by atoms with Crippen LogP contribution in [0.5, 0.6) is 0 Å². The van der Waals surface area contributed by atoms with Crippen LogP contribution in [0, 0.1) is 11.8 Å². The van der Waals surface area contributed by atoms with Gasteiger partial charge in [-0.3, -0.25) is 4.90 Å². The lowest BCUT2D eigenvalue weighted by molar-refractivity contribution is 0.0139. The van der Waals surface area contributed by atoms with E-state index in [1.807, 2.05) is 0 Å². The smallest absolute Gasteiger partial charge is 0.0354 e. The summed E-state index contributed by atoms with van der Waals surface area (Å²) >= 11 is 0. The van der Waals surface area contributed by atoms with Gasteiger partial charge < -0.3 is 10.6 Å². The van der Waals surface area contributed by atoms with Crippen LogP contribution in [0.1, 0.15) is 46.0 Å². The molecule has 3 atom stereocenters. The zero-order valence-electron chi connectivity index (χ0n) is 13.2. The molecule has 1 aliphatic heterocycles. The van der Waals surface area contributed by atoms with E-state index in [1.54, 1.807) is 0 Å². The Kier molecular flexibility index (Phi) is 5.27. The molecule has 2 aliphatic rings. The average molecular weight is 267 g/mol. The highest BCUT2D eigenvalue weighted by atomic mass is 15.2. The van der Waals surface area contributed by atoms with E-state index in [-0.39, 0.29) is 5.54 Å². The number of rotatable bonds is 5. The standard InChI is InChI=1S/C16H33N3/c1-14-6-7-16(13-17,15(2)12-14)18(3)10-11-19-8-4-5-9-19/h14-15H,4-13,17H2,1-3H3. The summed E-state index contributed by atoms with van der Waals surface area (Å²) in [4.78, 5) is 5.19. The van der Waals surface area contributed by atoms with E-state index in [0.29, 0.717) is 0 Å². The minimum atomic E-state index is 0.256. The highest BCUT2D eigenvalue weighted by Crippen LogP contribution is 2.39. The summed E-state index contributed by atoms with van der Waals surface area (Å²) in [5.74, 6) is 1.60. The Morgan fingerprint density at radius 1 is 1.26 bits per heavy atom. The maximum atomic E-state index is 6.20. The van der Waals surface area contributed by atoms with E-state index in [2.05, 4.69) is 30.7 Å². The predicted molar refractivity (Wildman–Crippen MR) is 82.3 cm³/mol. The van der Waals surface area contributed by atoms with Crippen molar-refractivity contribution in [3.63, 3.8) is 0 Å². The fraction of sp³-hybridized carbons (Fsp3) is 1.00. The Balaban J connectivity index is 1.91. The highest BCUT2D eigenvalue weighted by Gasteiger charge is 2.42. The van der Waals surface area contributed by atoms with Crippen LogP contribution < -0.4 is 5.73 Å².